The first-order chi connectivity index (χ1) is 12.1. The van der Waals surface area contributed by atoms with Gasteiger partial charge in [0.25, 0.3) is 5.54 Å². The Hall–Kier alpha value is -2.12. The third kappa shape index (κ3) is 3.09. The quantitative estimate of drug-likeness (QED) is 0.595. The van der Waals surface area contributed by atoms with Gasteiger partial charge in [0.05, 0.1) is 25.5 Å². The van der Waals surface area contributed by atoms with Gasteiger partial charge in [-0.25, -0.2) is 19.5 Å². The third-order valence-electron chi connectivity index (χ3n) is 4.49. The maximum atomic E-state index is 12.9. The molecular formula is C18H23NO6. The molecule has 1 aromatic carbocycles. The Balaban J connectivity index is 2.07. The predicted octanol–water partition coefficient (Wildman–Crippen LogP) is 2.06. The molecule has 2 heterocycles. The van der Waals surface area contributed by atoms with Crippen LogP contribution in [-0.4, -0.2) is 43.6 Å². The molecule has 0 bridgehead atoms. The number of carbonyl (C=O) groups excluding carboxylic acids is 2. The van der Waals surface area contributed by atoms with Crippen LogP contribution in [0.3, 0.4) is 0 Å². The van der Waals surface area contributed by atoms with Gasteiger partial charge >= 0.3 is 11.9 Å². The number of fused-ring (bicyclic) bond motifs is 1. The molecular weight excluding hydrogens is 326 g/mol. The Morgan fingerprint density at radius 1 is 1.16 bits per heavy atom. The number of hydrogen-bond donors (Lipinski definition) is 0. The van der Waals surface area contributed by atoms with E-state index in [1.807, 2.05) is 6.07 Å². The van der Waals surface area contributed by atoms with Gasteiger partial charge < -0.3 is 14.2 Å². The molecule has 0 amide bonds. The smallest absolute Gasteiger partial charge is 0.346 e. The zero-order chi connectivity index (χ0) is 17.9. The van der Waals surface area contributed by atoms with E-state index in [2.05, 4.69) is 0 Å². The number of ether oxygens (including phenoxy) is 3. The normalized spacial score (nSPS) is 24.5. The van der Waals surface area contributed by atoms with Crippen LogP contribution in [0.5, 0.6) is 0 Å². The minimum atomic E-state index is -1.68. The van der Waals surface area contributed by atoms with E-state index in [1.54, 1.807) is 38.1 Å². The Bertz CT molecular complexity index is 601. The molecule has 0 saturated carbocycles. The van der Waals surface area contributed by atoms with Crippen LogP contribution >= 0.6 is 0 Å². The van der Waals surface area contributed by atoms with E-state index in [0.29, 0.717) is 18.7 Å². The molecule has 136 valence electrons. The number of esters is 2. The summed E-state index contributed by atoms with van der Waals surface area (Å²) in [4.78, 5) is 31.8. The van der Waals surface area contributed by atoms with E-state index < -0.39 is 23.8 Å². The molecule has 2 saturated heterocycles. The molecule has 7 heteroatoms. The fourth-order valence-electron chi connectivity index (χ4n) is 3.34. The minimum absolute atomic E-state index is 0.0752. The Morgan fingerprint density at radius 3 is 2.40 bits per heavy atom. The summed E-state index contributed by atoms with van der Waals surface area (Å²) in [5, 5.41) is 1.31. The van der Waals surface area contributed by atoms with Crippen molar-refractivity contribution in [2.24, 2.45) is 5.92 Å². The molecule has 0 spiro atoms. The van der Waals surface area contributed by atoms with Crippen molar-refractivity contribution in [2.75, 3.05) is 24.9 Å². The van der Waals surface area contributed by atoms with Crippen molar-refractivity contribution < 1.29 is 28.6 Å². The number of carbonyl (C=O) groups is 2. The summed E-state index contributed by atoms with van der Waals surface area (Å²) in [5.74, 6) is -1.40. The summed E-state index contributed by atoms with van der Waals surface area (Å²) in [7, 11) is 0. The first-order valence-electron chi connectivity index (χ1n) is 8.61. The van der Waals surface area contributed by atoms with Crippen molar-refractivity contribution in [2.45, 2.75) is 38.5 Å². The van der Waals surface area contributed by atoms with Crippen molar-refractivity contribution >= 4 is 17.6 Å². The van der Waals surface area contributed by atoms with Crippen LogP contribution in [-0.2, 0) is 28.6 Å². The topological polar surface area (TPSA) is 74.3 Å². The van der Waals surface area contributed by atoms with Crippen LogP contribution in [0.15, 0.2) is 30.3 Å². The second-order valence-electron chi connectivity index (χ2n) is 6.03. The fourth-order valence-corrected chi connectivity index (χ4v) is 3.34. The lowest BCUT2D eigenvalue weighted by Crippen LogP contribution is -2.66. The number of anilines is 1. The molecule has 0 radical (unpaired) electrons. The summed E-state index contributed by atoms with van der Waals surface area (Å²) in [6.07, 6.45) is 0.454. The van der Waals surface area contributed by atoms with Crippen molar-refractivity contribution in [3.8, 4) is 0 Å². The first kappa shape index (κ1) is 17.7. The molecule has 2 aliphatic rings. The lowest BCUT2D eigenvalue weighted by atomic mass is 9.83. The zero-order valence-corrected chi connectivity index (χ0v) is 14.5. The SMILES string of the molecule is CCOC(=O)C1(C(=O)OCC)CC2CCOC2ON1c1ccccc1. The van der Waals surface area contributed by atoms with Gasteiger partial charge in [-0.1, -0.05) is 18.2 Å². The largest absolute Gasteiger partial charge is 0.464 e. The van der Waals surface area contributed by atoms with E-state index in [4.69, 9.17) is 19.0 Å². The second kappa shape index (κ2) is 7.41. The molecule has 7 nitrogen and oxygen atoms in total. The fraction of sp³-hybridized carbons (Fsp3) is 0.556. The summed E-state index contributed by atoms with van der Waals surface area (Å²) < 4.78 is 16.1. The number of para-hydroxylation sites is 1. The summed E-state index contributed by atoms with van der Waals surface area (Å²) in [6, 6.07) is 8.99. The highest BCUT2D eigenvalue weighted by molar-refractivity contribution is 6.08. The molecule has 2 aliphatic heterocycles. The molecule has 25 heavy (non-hydrogen) atoms. The number of hydroxylamine groups is 1. The standard InChI is InChI=1S/C18H23NO6/c1-3-22-16(20)18(17(21)23-4-2)12-13-10-11-24-15(13)25-19(18)14-8-6-5-7-9-14/h5-9,13,15H,3-4,10-12H2,1-2H3. The highest BCUT2D eigenvalue weighted by atomic mass is 16.8. The summed E-state index contributed by atoms with van der Waals surface area (Å²) in [5.41, 5.74) is -1.11. The Morgan fingerprint density at radius 2 is 1.80 bits per heavy atom. The predicted molar refractivity (Wildman–Crippen MR) is 88.5 cm³/mol. The van der Waals surface area contributed by atoms with Crippen LogP contribution in [0.1, 0.15) is 26.7 Å². The van der Waals surface area contributed by atoms with E-state index in [0.717, 1.165) is 0 Å². The second-order valence-corrected chi connectivity index (χ2v) is 6.03. The van der Waals surface area contributed by atoms with Gasteiger partial charge in [0.1, 0.15) is 0 Å². The molecule has 2 atom stereocenters. The number of rotatable bonds is 5. The van der Waals surface area contributed by atoms with Crippen molar-refractivity contribution in [1.82, 2.24) is 0 Å². The molecule has 2 fully saturated rings. The van der Waals surface area contributed by atoms with Crippen molar-refractivity contribution in [1.29, 1.82) is 0 Å². The third-order valence-corrected chi connectivity index (χ3v) is 4.49. The van der Waals surface area contributed by atoms with Gasteiger partial charge in [-0.05, 0) is 32.4 Å². The van der Waals surface area contributed by atoms with E-state index in [9.17, 15) is 9.59 Å². The van der Waals surface area contributed by atoms with Crippen LogP contribution in [0.25, 0.3) is 0 Å². The number of nitrogens with zero attached hydrogens (tertiary/aromatic N) is 1. The van der Waals surface area contributed by atoms with Gasteiger partial charge in [0, 0.05) is 12.3 Å². The van der Waals surface area contributed by atoms with Crippen LogP contribution < -0.4 is 5.06 Å². The summed E-state index contributed by atoms with van der Waals surface area (Å²) >= 11 is 0. The average molecular weight is 349 g/mol. The Labute approximate surface area is 146 Å². The molecule has 0 N–H and O–H groups in total. The van der Waals surface area contributed by atoms with E-state index >= 15 is 0 Å². The lowest BCUT2D eigenvalue weighted by Gasteiger charge is -2.46. The monoisotopic (exact) mass is 349 g/mol. The molecule has 0 aromatic heterocycles. The maximum absolute atomic E-state index is 12.9. The molecule has 2 unspecified atom stereocenters. The number of hydrogen-bond acceptors (Lipinski definition) is 7. The Kier molecular flexibility index (Phi) is 5.24. The van der Waals surface area contributed by atoms with Crippen molar-refractivity contribution in [3.05, 3.63) is 30.3 Å². The number of benzene rings is 1. The maximum Gasteiger partial charge on any atom is 0.346 e. The van der Waals surface area contributed by atoms with Gasteiger partial charge in [0.15, 0.2) is 6.29 Å². The van der Waals surface area contributed by atoms with Gasteiger partial charge in [-0.2, -0.15) is 0 Å². The molecule has 3 rings (SSSR count). The first-order valence-corrected chi connectivity index (χ1v) is 8.61. The van der Waals surface area contributed by atoms with Crippen LogP contribution in [0.2, 0.25) is 0 Å². The average Bonchev–Trinajstić information content (AvgIpc) is 3.08. The molecule has 0 aliphatic carbocycles. The van der Waals surface area contributed by atoms with Crippen molar-refractivity contribution in [3.63, 3.8) is 0 Å². The summed E-state index contributed by atoms with van der Waals surface area (Å²) in [6.45, 7) is 4.25. The van der Waals surface area contributed by atoms with E-state index in [-0.39, 0.29) is 25.6 Å². The van der Waals surface area contributed by atoms with Gasteiger partial charge in [-0.3, -0.25) is 0 Å². The zero-order valence-electron chi connectivity index (χ0n) is 14.5. The van der Waals surface area contributed by atoms with Gasteiger partial charge in [0.2, 0.25) is 0 Å². The van der Waals surface area contributed by atoms with Gasteiger partial charge in [-0.15, -0.1) is 0 Å². The minimum Gasteiger partial charge on any atom is -0.464 e. The molecule has 1 aromatic rings. The van der Waals surface area contributed by atoms with Crippen LogP contribution in [0, 0.1) is 5.92 Å². The van der Waals surface area contributed by atoms with E-state index in [1.165, 1.54) is 5.06 Å². The highest BCUT2D eigenvalue weighted by Gasteiger charge is 2.61. The highest BCUT2D eigenvalue weighted by Crippen LogP contribution is 2.43. The van der Waals surface area contributed by atoms with Crippen LogP contribution in [0.4, 0.5) is 5.69 Å². The lowest BCUT2D eigenvalue weighted by molar-refractivity contribution is -0.206.